The summed E-state index contributed by atoms with van der Waals surface area (Å²) in [4.78, 5) is 0. The minimum absolute atomic E-state index is 0.0505. The van der Waals surface area contributed by atoms with Gasteiger partial charge in [-0.15, -0.1) is 0 Å². The van der Waals surface area contributed by atoms with Crippen LogP contribution in [0.2, 0.25) is 0 Å². The molecule has 0 amide bonds. The molecular weight excluding hydrogens is 483 g/mol. The van der Waals surface area contributed by atoms with Crippen molar-refractivity contribution in [1.82, 2.24) is 0 Å². The van der Waals surface area contributed by atoms with Gasteiger partial charge in [-0.25, -0.2) is 0 Å². The minimum atomic E-state index is -3.11. The van der Waals surface area contributed by atoms with Crippen LogP contribution < -0.4 is 0 Å². The first-order valence-corrected chi connectivity index (χ1v) is 15.5. The average Bonchev–Trinajstić information content (AvgIpc) is 2.85. The predicted molar refractivity (Wildman–Crippen MR) is 153 cm³/mol. The van der Waals surface area contributed by atoms with Gasteiger partial charge in [-0.1, -0.05) is 83.0 Å². The predicted octanol–water partition coefficient (Wildman–Crippen LogP) is 8.60. The summed E-state index contributed by atoms with van der Waals surface area (Å²) in [7, 11) is -3.11. The zero-order chi connectivity index (χ0) is 26.9. The Labute approximate surface area is 224 Å². The zero-order valence-corrected chi connectivity index (χ0v) is 24.4. The third kappa shape index (κ3) is 8.63. The molecule has 0 atom stereocenters. The van der Waals surface area contributed by atoms with E-state index in [9.17, 15) is 4.57 Å². The third-order valence-electron chi connectivity index (χ3n) is 6.41. The SMILES string of the molecule is CCCc1cc(C2OCC(C)(C)CO2)c(CCC)cc1/C=C/c1ccc(CP(=O)(OCC)OCC)cc1. The molecule has 0 unspecified atom stereocenters. The molecule has 2 aromatic rings. The molecule has 1 aliphatic heterocycles. The van der Waals surface area contributed by atoms with Crippen LogP contribution in [0.25, 0.3) is 12.2 Å². The average molecular weight is 529 g/mol. The van der Waals surface area contributed by atoms with Gasteiger partial charge in [-0.3, -0.25) is 4.57 Å². The van der Waals surface area contributed by atoms with Gasteiger partial charge in [0.25, 0.3) is 0 Å². The molecule has 5 nitrogen and oxygen atoms in total. The van der Waals surface area contributed by atoms with Gasteiger partial charge in [-0.2, -0.15) is 0 Å². The van der Waals surface area contributed by atoms with Crippen molar-refractivity contribution in [2.75, 3.05) is 26.4 Å². The molecule has 1 heterocycles. The Morgan fingerprint density at radius 1 is 0.892 bits per heavy atom. The largest absolute Gasteiger partial charge is 0.348 e. The Hall–Kier alpha value is -1.75. The van der Waals surface area contributed by atoms with E-state index in [0.29, 0.717) is 26.4 Å². The third-order valence-corrected chi connectivity index (χ3v) is 8.46. The molecule has 0 N–H and O–H groups in total. The normalized spacial score (nSPS) is 16.5. The van der Waals surface area contributed by atoms with E-state index in [4.69, 9.17) is 18.5 Å². The smallest absolute Gasteiger partial charge is 0.335 e. The second-order valence-electron chi connectivity index (χ2n) is 10.5. The van der Waals surface area contributed by atoms with Crippen LogP contribution in [0.15, 0.2) is 36.4 Å². The van der Waals surface area contributed by atoms with E-state index >= 15 is 0 Å². The molecule has 204 valence electrons. The Morgan fingerprint density at radius 2 is 1.49 bits per heavy atom. The van der Waals surface area contributed by atoms with Crippen LogP contribution in [-0.2, 0) is 42.1 Å². The van der Waals surface area contributed by atoms with Crippen molar-refractivity contribution in [3.63, 3.8) is 0 Å². The van der Waals surface area contributed by atoms with Crippen LogP contribution in [0.1, 0.15) is 94.1 Å². The van der Waals surface area contributed by atoms with Crippen LogP contribution in [0.4, 0.5) is 0 Å². The van der Waals surface area contributed by atoms with Crippen LogP contribution >= 0.6 is 7.60 Å². The summed E-state index contributed by atoms with van der Waals surface area (Å²) in [5.74, 6) is 0. The van der Waals surface area contributed by atoms with Gasteiger partial charge in [0.15, 0.2) is 6.29 Å². The highest BCUT2D eigenvalue weighted by Gasteiger charge is 2.30. The molecular formula is C31H45O5P. The summed E-state index contributed by atoms with van der Waals surface area (Å²) >= 11 is 0. The van der Waals surface area contributed by atoms with E-state index in [0.717, 1.165) is 36.8 Å². The second-order valence-corrected chi connectivity index (χ2v) is 12.6. The van der Waals surface area contributed by atoms with E-state index in [1.54, 1.807) is 0 Å². The molecule has 0 aromatic heterocycles. The lowest BCUT2D eigenvalue weighted by atomic mass is 9.91. The summed E-state index contributed by atoms with van der Waals surface area (Å²) in [5.41, 5.74) is 7.12. The van der Waals surface area contributed by atoms with Crippen molar-refractivity contribution in [3.05, 3.63) is 69.8 Å². The molecule has 1 saturated heterocycles. The van der Waals surface area contributed by atoms with E-state index in [2.05, 4.69) is 64.1 Å². The van der Waals surface area contributed by atoms with Crippen molar-refractivity contribution in [3.8, 4) is 0 Å². The second kappa shape index (κ2) is 13.9. The molecule has 0 saturated carbocycles. The fourth-order valence-corrected chi connectivity index (χ4v) is 6.31. The van der Waals surface area contributed by atoms with Gasteiger partial charge in [-0.05, 0) is 60.6 Å². The number of aryl methyl sites for hydroxylation is 2. The number of rotatable bonds is 13. The van der Waals surface area contributed by atoms with Gasteiger partial charge >= 0.3 is 7.60 Å². The molecule has 6 heteroatoms. The Balaban J connectivity index is 1.83. The van der Waals surface area contributed by atoms with E-state index in [1.807, 2.05) is 26.0 Å². The first-order chi connectivity index (χ1) is 17.7. The minimum Gasteiger partial charge on any atom is -0.348 e. The summed E-state index contributed by atoms with van der Waals surface area (Å²) in [6.07, 6.45) is 8.47. The first kappa shape index (κ1) is 29.8. The highest BCUT2D eigenvalue weighted by molar-refractivity contribution is 7.53. The van der Waals surface area contributed by atoms with Gasteiger partial charge in [0.1, 0.15) is 0 Å². The van der Waals surface area contributed by atoms with Crippen molar-refractivity contribution < 1.29 is 23.1 Å². The summed E-state index contributed by atoms with van der Waals surface area (Å²) in [5, 5.41) is 0. The van der Waals surface area contributed by atoms with Gasteiger partial charge in [0, 0.05) is 11.0 Å². The number of ether oxygens (including phenoxy) is 2. The quantitative estimate of drug-likeness (QED) is 0.192. The van der Waals surface area contributed by atoms with Gasteiger partial charge in [0.05, 0.1) is 32.6 Å². The Bertz CT molecular complexity index is 1050. The maximum Gasteiger partial charge on any atom is 0.335 e. The highest BCUT2D eigenvalue weighted by Crippen LogP contribution is 2.51. The Kier molecular flexibility index (Phi) is 11.2. The maximum atomic E-state index is 12.9. The lowest BCUT2D eigenvalue weighted by Gasteiger charge is -2.35. The fourth-order valence-electron chi connectivity index (χ4n) is 4.61. The van der Waals surface area contributed by atoms with E-state index < -0.39 is 7.60 Å². The molecule has 0 spiro atoms. The molecule has 2 aromatic carbocycles. The van der Waals surface area contributed by atoms with E-state index in [1.165, 1.54) is 22.3 Å². The first-order valence-electron chi connectivity index (χ1n) is 13.8. The highest BCUT2D eigenvalue weighted by atomic mass is 31.2. The molecule has 37 heavy (non-hydrogen) atoms. The van der Waals surface area contributed by atoms with Crippen LogP contribution in [0.5, 0.6) is 0 Å². The molecule has 0 aliphatic carbocycles. The monoisotopic (exact) mass is 528 g/mol. The van der Waals surface area contributed by atoms with Crippen molar-refractivity contribution >= 4 is 19.7 Å². The zero-order valence-electron chi connectivity index (χ0n) is 23.5. The number of hydrogen-bond acceptors (Lipinski definition) is 5. The maximum absolute atomic E-state index is 12.9. The molecule has 0 bridgehead atoms. The topological polar surface area (TPSA) is 54.0 Å². The summed E-state index contributed by atoms with van der Waals surface area (Å²) in [6.45, 7) is 14.6. The molecule has 0 radical (unpaired) electrons. The van der Waals surface area contributed by atoms with Crippen LogP contribution in [0.3, 0.4) is 0 Å². The Morgan fingerprint density at radius 3 is 2.05 bits per heavy atom. The number of benzene rings is 2. The molecule has 1 fully saturated rings. The van der Waals surface area contributed by atoms with Gasteiger partial charge < -0.3 is 18.5 Å². The fraction of sp³-hybridized carbons (Fsp3) is 0.548. The summed E-state index contributed by atoms with van der Waals surface area (Å²) < 4.78 is 36.1. The number of hydrogen-bond donors (Lipinski definition) is 0. The standard InChI is InChI=1S/C31H45O5P/c1-7-11-26-20-29(30-33-22-31(5,6)23-34-30)28(12-8-2)19-27(26)18-17-24-13-15-25(16-14-24)21-37(32,35-9-3)36-10-4/h13-20,30H,7-12,21-23H2,1-6H3/b18-17+. The van der Waals surface area contributed by atoms with Crippen LogP contribution in [0, 0.1) is 5.41 Å². The lowest BCUT2D eigenvalue weighted by Crippen LogP contribution is -2.34. The van der Waals surface area contributed by atoms with Crippen LogP contribution in [-0.4, -0.2) is 26.4 Å². The molecule has 1 aliphatic rings. The van der Waals surface area contributed by atoms with E-state index in [-0.39, 0.29) is 17.9 Å². The van der Waals surface area contributed by atoms with Crippen molar-refractivity contribution in [2.24, 2.45) is 5.41 Å². The van der Waals surface area contributed by atoms with Crippen molar-refractivity contribution in [2.45, 2.75) is 79.7 Å². The summed E-state index contributed by atoms with van der Waals surface area (Å²) in [6, 6.07) is 12.7. The van der Waals surface area contributed by atoms with Gasteiger partial charge in [0.2, 0.25) is 0 Å². The lowest BCUT2D eigenvalue weighted by molar-refractivity contribution is -0.226. The van der Waals surface area contributed by atoms with Crippen molar-refractivity contribution in [1.29, 1.82) is 0 Å². The molecule has 3 rings (SSSR count).